The summed E-state index contributed by atoms with van der Waals surface area (Å²) in [6.45, 7) is 19.7. The summed E-state index contributed by atoms with van der Waals surface area (Å²) in [6, 6.07) is -10.2. The number of cyclic esters (lactones) is 1. The molecule has 1 aliphatic carbocycles. The zero-order valence-corrected chi connectivity index (χ0v) is 46.9. The fourth-order valence-corrected chi connectivity index (χ4v) is 10.9. The molecule has 2 aliphatic heterocycles. The third-order valence-corrected chi connectivity index (χ3v) is 15.5. The highest BCUT2D eigenvalue weighted by Gasteiger charge is 2.48. The van der Waals surface area contributed by atoms with Crippen LogP contribution in [0.15, 0.2) is 0 Å². The Hall–Kier alpha value is -4.85. The molecule has 11 atom stereocenters. The second kappa shape index (κ2) is 27.1. The molecule has 2 heterocycles. The molecule has 0 aromatic rings. The molecular formula is C53H92N8O12. The minimum absolute atomic E-state index is 0.0880. The van der Waals surface area contributed by atoms with Gasteiger partial charge in [-0.1, -0.05) is 94.9 Å². The normalized spacial score (nSPS) is 29.4. The van der Waals surface area contributed by atoms with E-state index >= 15 is 0 Å². The molecule has 416 valence electrons. The number of ether oxygens (including phenoxy) is 1. The average molecular weight is 1030 g/mol. The van der Waals surface area contributed by atoms with E-state index in [9.17, 15) is 53.4 Å². The number of likely N-dealkylation sites (N-methyl/N-ethyl adjacent to an activating group) is 4. The van der Waals surface area contributed by atoms with Crippen LogP contribution in [0.5, 0.6) is 0 Å². The van der Waals surface area contributed by atoms with Crippen LogP contribution >= 0.6 is 0 Å². The van der Waals surface area contributed by atoms with Gasteiger partial charge in [0.2, 0.25) is 41.4 Å². The molecule has 1 unspecified atom stereocenters. The highest BCUT2D eigenvalue weighted by molar-refractivity contribution is 5.99. The number of carbonyl (C=O) groups excluding carboxylic acids is 9. The number of fused-ring (bicyclic) bond motifs is 1. The molecule has 3 aliphatic rings. The predicted molar refractivity (Wildman–Crippen MR) is 275 cm³/mol. The Kier molecular flexibility index (Phi) is 23.2. The van der Waals surface area contributed by atoms with Gasteiger partial charge in [-0.2, -0.15) is 0 Å². The molecule has 0 spiro atoms. The van der Waals surface area contributed by atoms with Gasteiger partial charge in [-0.15, -0.1) is 0 Å². The number of esters is 1. The van der Waals surface area contributed by atoms with Crippen LogP contribution in [0.2, 0.25) is 0 Å². The van der Waals surface area contributed by atoms with Crippen LogP contribution in [0, 0.1) is 35.5 Å². The van der Waals surface area contributed by atoms with Gasteiger partial charge in [0, 0.05) is 40.7 Å². The lowest BCUT2D eigenvalue weighted by Gasteiger charge is -2.40. The topological polar surface area (TPSA) is 256 Å². The summed E-state index contributed by atoms with van der Waals surface area (Å²) in [7, 11) is 5.52. The first kappa shape index (κ1) is 62.4. The number of amides is 8. The lowest BCUT2D eigenvalue weighted by Crippen LogP contribution is -2.63. The van der Waals surface area contributed by atoms with E-state index in [0.717, 1.165) is 29.1 Å². The number of carbonyl (C=O) groups is 9. The molecule has 8 amide bonds. The van der Waals surface area contributed by atoms with E-state index in [1.165, 1.54) is 56.7 Å². The summed E-state index contributed by atoms with van der Waals surface area (Å²) in [5.74, 6) is -9.22. The van der Waals surface area contributed by atoms with Crippen molar-refractivity contribution in [1.29, 1.82) is 0 Å². The summed E-state index contributed by atoms with van der Waals surface area (Å²) in [6.07, 6.45) is 3.64. The van der Waals surface area contributed by atoms with E-state index in [2.05, 4.69) is 16.0 Å². The Balaban J connectivity index is 2.32. The molecule has 20 heteroatoms. The van der Waals surface area contributed by atoms with E-state index in [1.54, 1.807) is 48.5 Å². The van der Waals surface area contributed by atoms with Crippen molar-refractivity contribution in [3.63, 3.8) is 0 Å². The van der Waals surface area contributed by atoms with E-state index < -0.39 is 144 Å². The largest absolute Gasteiger partial charge is 0.450 e. The number of aliphatic hydroxyl groups excluding tert-OH is 1. The van der Waals surface area contributed by atoms with Gasteiger partial charge < -0.3 is 55.4 Å². The van der Waals surface area contributed by atoms with Crippen molar-refractivity contribution in [2.45, 2.75) is 207 Å². The Morgan fingerprint density at radius 3 is 1.64 bits per heavy atom. The molecular weight excluding hydrogens is 941 g/mol. The maximum Gasteiger partial charge on any atom is 0.332 e. The first-order chi connectivity index (χ1) is 34.0. The van der Waals surface area contributed by atoms with Gasteiger partial charge in [0.1, 0.15) is 42.3 Å². The quantitative estimate of drug-likeness (QED) is 0.187. The second-order valence-electron chi connectivity index (χ2n) is 22.8. The van der Waals surface area contributed by atoms with Crippen molar-refractivity contribution in [3.05, 3.63) is 0 Å². The average Bonchev–Trinajstić information content (AvgIpc) is 3.82. The lowest BCUT2D eigenvalue weighted by atomic mass is 9.83. The van der Waals surface area contributed by atoms with E-state index in [4.69, 9.17) is 4.74 Å². The molecule has 0 aromatic heterocycles. The summed E-state index contributed by atoms with van der Waals surface area (Å²) < 4.78 is 6.05. The van der Waals surface area contributed by atoms with Gasteiger partial charge in [0.25, 0.3) is 5.91 Å². The molecule has 0 bridgehead atoms. The maximum absolute atomic E-state index is 14.8. The van der Waals surface area contributed by atoms with Crippen LogP contribution in [0.4, 0.5) is 0 Å². The molecule has 20 nitrogen and oxygen atoms in total. The summed E-state index contributed by atoms with van der Waals surface area (Å²) in [5, 5.41) is 31.2. The fraction of sp³-hybridized carbons (Fsp3) is 0.830. The third kappa shape index (κ3) is 15.2. The van der Waals surface area contributed by atoms with Crippen molar-refractivity contribution in [3.8, 4) is 0 Å². The Labute approximate surface area is 434 Å². The summed E-state index contributed by atoms with van der Waals surface area (Å²) >= 11 is 0. The third-order valence-electron chi connectivity index (χ3n) is 15.5. The zero-order valence-electron chi connectivity index (χ0n) is 46.9. The van der Waals surface area contributed by atoms with Gasteiger partial charge in [0.05, 0.1) is 12.2 Å². The number of hydrogen-bond donors (Lipinski definition) is 5. The number of nitrogens with zero attached hydrogens (tertiary/aromatic N) is 5. The molecule has 5 N–H and O–H groups in total. The molecule has 3 fully saturated rings. The van der Waals surface area contributed by atoms with Gasteiger partial charge in [-0.05, 0) is 82.0 Å². The molecule has 0 aromatic carbocycles. The van der Waals surface area contributed by atoms with Crippen molar-refractivity contribution in [2.24, 2.45) is 35.5 Å². The molecule has 2 saturated heterocycles. The standard InChI is InChI=1S/C53H92N8O12/c1-17-32(9)38-49(68)58(14)40(30(5)6)45(64)54-35(27-29(3)4)47(66)60(16)43(53(11,12)72)52(71)73-42(33(10)18-2)51(70)59(15)41(31(7)8)46(65)56-39(34-23-20-19-21-24-34)50(69)57(13)37(28-62)48(67)61-26-22-25-36(61)44(63)55-38/h29-43,62,72H,17-28H2,1-16H3,(H,54,64)(H,55,63)(H,56,65)/t32-,33-,35-,36-,37+,38-,39?,40-,41-,42+,43+/m0/s1. The predicted octanol–water partition coefficient (Wildman–Crippen LogP) is 2.46. The minimum Gasteiger partial charge on any atom is -0.450 e. The number of aliphatic hydroxyl groups is 2. The Morgan fingerprint density at radius 2 is 1.15 bits per heavy atom. The molecule has 73 heavy (non-hydrogen) atoms. The second-order valence-corrected chi connectivity index (χ2v) is 22.8. The highest BCUT2D eigenvalue weighted by Crippen LogP contribution is 2.30. The van der Waals surface area contributed by atoms with Crippen molar-refractivity contribution < 1.29 is 58.1 Å². The van der Waals surface area contributed by atoms with Crippen LogP contribution in [0.3, 0.4) is 0 Å². The van der Waals surface area contributed by atoms with Gasteiger partial charge >= 0.3 is 5.97 Å². The number of nitrogens with one attached hydrogen (secondary N) is 3. The first-order valence-corrected chi connectivity index (χ1v) is 26.8. The SMILES string of the molecule is CC[C@H](C)[C@@H]1NC(=O)[C@@H]2CCCN2C(=O)[C@@H](CO)N(C)C(=O)C(C2CCCCC2)NC(=O)[C@H](C(C)C)N(C)C(=O)[C@@H]([C@@H](C)CC)OC(=O)[C@H](C(C)(C)O)N(C)C(=O)[C@H](CC(C)C)NC(=O)[C@H](C(C)C)N(C)C1=O. The summed E-state index contributed by atoms with van der Waals surface area (Å²) in [5.41, 5.74) is -1.96. The van der Waals surface area contributed by atoms with Crippen LogP contribution in [-0.2, 0) is 47.9 Å². The van der Waals surface area contributed by atoms with Crippen LogP contribution in [-0.4, -0.2) is 189 Å². The fourth-order valence-electron chi connectivity index (χ4n) is 10.9. The van der Waals surface area contributed by atoms with Crippen LogP contribution in [0.1, 0.15) is 147 Å². The molecule has 0 radical (unpaired) electrons. The van der Waals surface area contributed by atoms with Crippen LogP contribution < -0.4 is 16.0 Å². The van der Waals surface area contributed by atoms with Crippen molar-refractivity contribution in [1.82, 2.24) is 40.4 Å². The zero-order chi connectivity index (χ0) is 55.6. The Bertz CT molecular complexity index is 1950. The van der Waals surface area contributed by atoms with Crippen LogP contribution in [0.25, 0.3) is 0 Å². The maximum atomic E-state index is 14.8. The Morgan fingerprint density at radius 1 is 0.616 bits per heavy atom. The minimum atomic E-state index is -1.96. The smallest absolute Gasteiger partial charge is 0.332 e. The van der Waals surface area contributed by atoms with E-state index in [-0.39, 0.29) is 31.2 Å². The van der Waals surface area contributed by atoms with Gasteiger partial charge in [0.15, 0.2) is 12.1 Å². The highest BCUT2D eigenvalue weighted by atomic mass is 16.6. The molecule has 3 rings (SSSR count). The van der Waals surface area contributed by atoms with Crippen molar-refractivity contribution >= 4 is 53.2 Å². The lowest BCUT2D eigenvalue weighted by molar-refractivity contribution is -0.177. The van der Waals surface area contributed by atoms with Crippen molar-refractivity contribution in [2.75, 3.05) is 41.3 Å². The van der Waals surface area contributed by atoms with Gasteiger partial charge in [-0.3, -0.25) is 38.4 Å². The van der Waals surface area contributed by atoms with E-state index in [1.807, 2.05) is 20.8 Å². The first-order valence-electron chi connectivity index (χ1n) is 26.8. The van der Waals surface area contributed by atoms with E-state index in [0.29, 0.717) is 32.1 Å². The molecule has 1 saturated carbocycles. The monoisotopic (exact) mass is 1030 g/mol. The summed E-state index contributed by atoms with van der Waals surface area (Å²) in [4.78, 5) is 138. The number of hydrogen-bond acceptors (Lipinski definition) is 12. The number of rotatable bonds is 11. The van der Waals surface area contributed by atoms with Gasteiger partial charge in [-0.25, -0.2) is 4.79 Å².